The summed E-state index contributed by atoms with van der Waals surface area (Å²) < 4.78 is 0.509. The minimum atomic E-state index is -0.885. The molecule has 0 aromatic carbocycles. The predicted molar refractivity (Wildman–Crippen MR) is 65.7 cm³/mol. The Kier molecular flexibility index (Phi) is 4.62. The van der Waals surface area contributed by atoms with Crippen LogP contribution >= 0.6 is 12.6 Å². The van der Waals surface area contributed by atoms with Gasteiger partial charge in [-0.15, -0.1) is 0 Å². The fourth-order valence-electron chi connectivity index (χ4n) is 1.22. The maximum absolute atomic E-state index is 11.3. The third kappa shape index (κ3) is 4.14. The Morgan fingerprint density at radius 3 is 2.18 bits per heavy atom. The largest absolute Gasteiger partial charge is 0.402 e. The highest BCUT2D eigenvalue weighted by Crippen LogP contribution is 2.06. The van der Waals surface area contributed by atoms with E-state index in [2.05, 4.69) is 12.6 Å². The average Bonchev–Trinajstić information content (AvgIpc) is 2.20. The Hall–Kier alpha value is -1.44. The van der Waals surface area contributed by atoms with Crippen LogP contribution < -0.4 is 21.9 Å². The van der Waals surface area contributed by atoms with E-state index in [4.69, 9.17) is 4.84 Å². The Bertz CT molecular complexity index is 496. The lowest BCUT2D eigenvalue weighted by Crippen LogP contribution is -2.48. The summed E-state index contributed by atoms with van der Waals surface area (Å²) in [6, 6.07) is 0. The van der Waals surface area contributed by atoms with E-state index >= 15 is 0 Å². The third-order valence-corrected chi connectivity index (χ3v) is 2.34. The predicted octanol–water partition coefficient (Wildman–Crippen LogP) is -0.859. The highest BCUT2D eigenvalue weighted by atomic mass is 32.1. The summed E-state index contributed by atoms with van der Waals surface area (Å²) in [7, 11) is 0. The molecular formula is C9H15N3O4S. The molecule has 1 aromatic heterocycles. The van der Waals surface area contributed by atoms with Crippen molar-refractivity contribution in [1.29, 1.82) is 0 Å². The minimum Gasteiger partial charge on any atom is -0.402 e. The van der Waals surface area contributed by atoms with E-state index in [-0.39, 0.29) is 11.4 Å². The minimum absolute atomic E-state index is 0.214. The van der Waals surface area contributed by atoms with Crippen molar-refractivity contribution in [1.82, 2.24) is 14.7 Å². The van der Waals surface area contributed by atoms with Crippen molar-refractivity contribution in [3.63, 3.8) is 0 Å². The highest BCUT2D eigenvalue weighted by Gasteiger charge is 2.10. The molecule has 1 aromatic rings. The summed E-state index contributed by atoms with van der Waals surface area (Å²) in [6.45, 7) is 3.67. The van der Waals surface area contributed by atoms with Gasteiger partial charge in [-0.2, -0.15) is 12.6 Å². The van der Waals surface area contributed by atoms with Gasteiger partial charge in [0.15, 0.2) is 0 Å². The molecule has 0 saturated carbocycles. The van der Waals surface area contributed by atoms with Crippen molar-refractivity contribution in [2.75, 3.05) is 0 Å². The summed E-state index contributed by atoms with van der Waals surface area (Å²) >= 11 is 4.21. The molecule has 0 fully saturated rings. The van der Waals surface area contributed by atoms with Gasteiger partial charge in [0.25, 0.3) is 0 Å². The third-order valence-electron chi connectivity index (χ3n) is 2.09. The molecule has 1 rings (SSSR count). The number of thiol groups is 1. The van der Waals surface area contributed by atoms with Gasteiger partial charge in [-0.3, -0.25) is 9.97 Å². The van der Waals surface area contributed by atoms with E-state index < -0.39 is 17.1 Å². The second kappa shape index (κ2) is 5.76. The van der Waals surface area contributed by atoms with Crippen LogP contribution in [-0.4, -0.2) is 26.1 Å². The first-order valence-electron chi connectivity index (χ1n) is 5.21. The van der Waals surface area contributed by atoms with Crippen LogP contribution in [0.15, 0.2) is 14.4 Å². The van der Waals surface area contributed by atoms with Crippen molar-refractivity contribution in [2.24, 2.45) is 0 Å². The van der Waals surface area contributed by atoms with E-state index in [0.717, 1.165) is 6.42 Å². The SMILES string of the molecule is CC(S)CCC(C)On1c(=O)[nH]c(=O)[nH]c1=O. The molecule has 2 N–H and O–H groups in total. The summed E-state index contributed by atoms with van der Waals surface area (Å²) in [5.74, 6) is 0. The maximum atomic E-state index is 11.3. The van der Waals surface area contributed by atoms with Gasteiger partial charge in [0.2, 0.25) is 0 Å². The Morgan fingerprint density at radius 1 is 1.18 bits per heavy atom. The number of hydrogen-bond acceptors (Lipinski definition) is 5. The lowest BCUT2D eigenvalue weighted by molar-refractivity contribution is 0.0245. The molecule has 0 aliphatic heterocycles. The summed E-state index contributed by atoms with van der Waals surface area (Å²) in [5, 5.41) is 0.214. The number of nitrogens with one attached hydrogen (secondary N) is 2. The molecule has 2 atom stereocenters. The fraction of sp³-hybridized carbons (Fsp3) is 0.667. The number of hydrogen-bond donors (Lipinski definition) is 3. The van der Waals surface area contributed by atoms with Crippen LogP contribution in [0.2, 0.25) is 0 Å². The maximum Gasteiger partial charge on any atom is 0.367 e. The molecule has 0 amide bonds. The Balaban J connectivity index is 2.79. The van der Waals surface area contributed by atoms with Crippen molar-refractivity contribution in [3.05, 3.63) is 31.5 Å². The van der Waals surface area contributed by atoms with Gasteiger partial charge in [-0.25, -0.2) is 14.4 Å². The second-order valence-corrected chi connectivity index (χ2v) is 4.71. The topological polar surface area (TPSA) is 96.9 Å². The van der Waals surface area contributed by atoms with Crippen LogP contribution in [0.1, 0.15) is 26.7 Å². The standard InChI is InChI=1S/C9H15N3O4S/c1-5(3-4-6(2)17)16-12-8(14)10-7(13)11-9(12)15/h5-6,17H,3-4H2,1-2H3,(H2,10,11,13,14,15). The number of H-pyrrole nitrogens is 2. The van der Waals surface area contributed by atoms with E-state index in [1.54, 1.807) is 6.92 Å². The zero-order valence-electron chi connectivity index (χ0n) is 9.60. The average molecular weight is 261 g/mol. The van der Waals surface area contributed by atoms with E-state index in [1.165, 1.54) is 0 Å². The van der Waals surface area contributed by atoms with Crippen LogP contribution in [0.3, 0.4) is 0 Å². The molecule has 0 spiro atoms. The van der Waals surface area contributed by atoms with Crippen LogP contribution in [0.25, 0.3) is 0 Å². The summed E-state index contributed by atoms with van der Waals surface area (Å²) in [6.07, 6.45) is 1.12. The van der Waals surface area contributed by atoms with E-state index in [1.807, 2.05) is 16.9 Å². The van der Waals surface area contributed by atoms with Gasteiger partial charge in [0, 0.05) is 0 Å². The summed E-state index contributed by atoms with van der Waals surface area (Å²) in [4.78, 5) is 42.3. The molecule has 0 aliphatic rings. The van der Waals surface area contributed by atoms with Gasteiger partial charge in [0.1, 0.15) is 6.10 Å². The van der Waals surface area contributed by atoms with Crippen LogP contribution in [-0.2, 0) is 0 Å². The number of aromatic amines is 2. The van der Waals surface area contributed by atoms with Crippen molar-refractivity contribution >= 4 is 12.6 Å². The quantitative estimate of drug-likeness (QED) is 0.601. The van der Waals surface area contributed by atoms with Gasteiger partial charge in [-0.05, 0) is 25.0 Å². The molecule has 1 heterocycles. The number of rotatable bonds is 5. The van der Waals surface area contributed by atoms with Gasteiger partial charge < -0.3 is 4.84 Å². The molecule has 2 unspecified atom stereocenters. The van der Waals surface area contributed by atoms with Crippen LogP contribution in [0.5, 0.6) is 0 Å². The zero-order valence-corrected chi connectivity index (χ0v) is 10.5. The van der Waals surface area contributed by atoms with Gasteiger partial charge >= 0.3 is 17.1 Å². The fourth-order valence-corrected chi connectivity index (χ4v) is 1.37. The van der Waals surface area contributed by atoms with E-state index in [0.29, 0.717) is 11.2 Å². The second-order valence-electron chi connectivity index (χ2n) is 3.83. The Morgan fingerprint density at radius 2 is 1.71 bits per heavy atom. The lowest BCUT2D eigenvalue weighted by atomic mass is 10.2. The first kappa shape index (κ1) is 13.6. The van der Waals surface area contributed by atoms with Crippen molar-refractivity contribution in [3.8, 4) is 0 Å². The smallest absolute Gasteiger partial charge is 0.367 e. The molecule has 0 aliphatic carbocycles. The Labute approximate surface area is 102 Å². The highest BCUT2D eigenvalue weighted by molar-refractivity contribution is 7.80. The molecule has 7 nitrogen and oxygen atoms in total. The molecule has 0 saturated heterocycles. The molecule has 8 heteroatoms. The van der Waals surface area contributed by atoms with E-state index in [9.17, 15) is 14.4 Å². The molecule has 17 heavy (non-hydrogen) atoms. The first-order valence-corrected chi connectivity index (χ1v) is 5.72. The first-order chi connectivity index (χ1) is 7.90. The van der Waals surface area contributed by atoms with Gasteiger partial charge in [-0.1, -0.05) is 11.7 Å². The molecular weight excluding hydrogens is 246 g/mol. The molecule has 0 radical (unpaired) electrons. The van der Waals surface area contributed by atoms with Crippen LogP contribution in [0.4, 0.5) is 0 Å². The van der Waals surface area contributed by atoms with Gasteiger partial charge in [0.05, 0.1) is 0 Å². The van der Waals surface area contributed by atoms with Crippen LogP contribution in [0, 0.1) is 0 Å². The van der Waals surface area contributed by atoms with Crippen molar-refractivity contribution < 1.29 is 4.84 Å². The molecule has 0 bridgehead atoms. The monoisotopic (exact) mass is 261 g/mol. The lowest BCUT2D eigenvalue weighted by Gasteiger charge is -2.14. The molecule has 96 valence electrons. The number of aromatic nitrogens is 3. The normalized spacial score (nSPS) is 14.3. The zero-order chi connectivity index (χ0) is 13.0. The number of nitrogens with zero attached hydrogens (tertiary/aromatic N) is 1. The van der Waals surface area contributed by atoms with Crippen molar-refractivity contribution in [2.45, 2.75) is 38.0 Å². The summed E-state index contributed by atoms with van der Waals surface area (Å²) in [5.41, 5.74) is -2.62.